The fraction of sp³-hybridized carbons (Fsp3) is 0.629. The Hall–Kier alpha value is -7.28. The summed E-state index contributed by atoms with van der Waals surface area (Å²) in [5.41, 5.74) is 1.98. The van der Waals surface area contributed by atoms with E-state index in [9.17, 15) is 43.5 Å². The molecular weight excluding hydrogens is 1370 g/mol. The van der Waals surface area contributed by atoms with E-state index in [2.05, 4.69) is 146 Å². The summed E-state index contributed by atoms with van der Waals surface area (Å²) in [5, 5.41) is 20.2. The molecule has 0 spiro atoms. The highest BCUT2D eigenvalue weighted by Crippen LogP contribution is 2.15. The molecule has 2 unspecified atom stereocenters. The molecule has 110 heavy (non-hydrogen) atoms. The van der Waals surface area contributed by atoms with Crippen molar-refractivity contribution in [2.75, 3.05) is 13.1 Å². The van der Waals surface area contributed by atoms with Gasteiger partial charge in [0.2, 0.25) is 23.6 Å². The van der Waals surface area contributed by atoms with E-state index in [0.717, 1.165) is 101 Å². The molecule has 13 heteroatoms. The molecule has 5 N–H and O–H groups in total. The predicted molar refractivity (Wildman–Crippen MR) is 467 cm³/mol. The molecule has 2 atom stereocenters. The Balaban J connectivity index is 0. The topological polar surface area (TPSA) is 205 Å². The van der Waals surface area contributed by atoms with Crippen LogP contribution in [0.4, 0.5) is 0 Å². The number of carbonyl (C=O) groups excluding carboxylic acids is 7. The highest BCUT2D eigenvalue weighted by Gasteiger charge is 2.21. The number of Topliss-reactive ketones (excluding diaryl/α,β-unsaturated/α-hetero) is 3. The van der Waals surface area contributed by atoms with Gasteiger partial charge in [-0.25, -0.2) is 4.79 Å². The second-order valence-electron chi connectivity index (χ2n) is 29.6. The number of nitrogens with one attached hydrogen (secondary N) is 4. The van der Waals surface area contributed by atoms with E-state index in [1.165, 1.54) is 206 Å². The molecule has 2 aromatic carbocycles. The normalized spacial score (nSPS) is 12.0. The number of hydrogen-bond donors (Lipinski definition) is 5. The molecule has 0 bridgehead atoms. The number of rotatable bonds is 68. The number of carboxylic acids is 1. The molecule has 0 radical (unpaired) electrons. The maximum atomic E-state index is 12.2. The molecule has 0 heterocycles. The van der Waals surface area contributed by atoms with Crippen LogP contribution in [0.1, 0.15) is 368 Å². The number of ketones is 3. The number of unbranched alkanes of at least 4 members (excludes halogenated alkanes) is 36. The van der Waals surface area contributed by atoms with Gasteiger partial charge in [0, 0.05) is 32.1 Å². The van der Waals surface area contributed by atoms with Gasteiger partial charge in [-0.3, -0.25) is 33.6 Å². The molecule has 0 aromatic heterocycles. The lowest BCUT2D eigenvalue weighted by molar-refractivity contribution is -0.141. The van der Waals surface area contributed by atoms with Gasteiger partial charge < -0.3 is 26.4 Å². The van der Waals surface area contributed by atoms with Crippen LogP contribution >= 0.6 is 0 Å². The van der Waals surface area contributed by atoms with Gasteiger partial charge in [0.05, 0.1) is 19.1 Å². The van der Waals surface area contributed by atoms with Crippen molar-refractivity contribution in [3.8, 4) is 0 Å². The molecular formula is C97H158N4O9. The lowest BCUT2D eigenvalue weighted by atomic mass is 10.0. The van der Waals surface area contributed by atoms with Gasteiger partial charge in [-0.2, -0.15) is 0 Å². The summed E-state index contributed by atoms with van der Waals surface area (Å²) in [7, 11) is 0. The first-order valence-corrected chi connectivity index (χ1v) is 43.8. The van der Waals surface area contributed by atoms with Crippen molar-refractivity contribution in [3.63, 3.8) is 0 Å². The van der Waals surface area contributed by atoms with Gasteiger partial charge in [0.1, 0.15) is 17.6 Å². The quantitative estimate of drug-likeness (QED) is 0.0315. The average Bonchev–Trinajstić information content (AvgIpc) is 0.907. The zero-order valence-corrected chi connectivity index (χ0v) is 70.6. The Morgan fingerprint density at radius 2 is 0.509 bits per heavy atom. The van der Waals surface area contributed by atoms with E-state index in [4.69, 9.17) is 0 Å². The summed E-state index contributed by atoms with van der Waals surface area (Å²) in [6.07, 6.45) is 90.7. The summed E-state index contributed by atoms with van der Waals surface area (Å²) >= 11 is 0. The maximum Gasteiger partial charge on any atom is 0.326 e. The molecule has 0 aliphatic heterocycles. The summed E-state index contributed by atoms with van der Waals surface area (Å²) in [4.78, 5) is 91.9. The summed E-state index contributed by atoms with van der Waals surface area (Å²) in [6, 6.07) is 17.9. The molecule has 2 rings (SSSR count). The fourth-order valence-electron chi connectivity index (χ4n) is 11.8. The van der Waals surface area contributed by atoms with E-state index in [0.29, 0.717) is 38.5 Å². The SMILES string of the molecule is CCCCC/C=C\C=C\CCCCCCCCC(=O)NC(Cc1ccccc1)C(=O)O.CCCCC/C=C\C=C\CCCCCCCCC(=O)NCC(C)=O.CCCCCC/C=C/C=C\CCCCCCCC(=O)NC(Cc1ccccc1)C(C)=O.CCCCCC/C=C/C=C\CCCCCCCC(=O)NCC(C)=O. The van der Waals surface area contributed by atoms with Crippen LogP contribution in [0.25, 0.3) is 0 Å². The van der Waals surface area contributed by atoms with Crippen molar-refractivity contribution >= 4 is 46.9 Å². The summed E-state index contributed by atoms with van der Waals surface area (Å²) < 4.78 is 0. The molecule has 0 aliphatic carbocycles. The van der Waals surface area contributed by atoms with Crippen LogP contribution in [0.5, 0.6) is 0 Å². The zero-order chi connectivity index (χ0) is 80.9. The third-order valence-corrected chi connectivity index (χ3v) is 18.6. The number of amides is 4. The Labute approximate surface area is 671 Å². The van der Waals surface area contributed by atoms with Crippen LogP contribution in [0, 0.1) is 0 Å². The minimum absolute atomic E-state index is 0.00177. The van der Waals surface area contributed by atoms with Crippen molar-refractivity contribution in [1.82, 2.24) is 21.3 Å². The van der Waals surface area contributed by atoms with Crippen molar-refractivity contribution in [2.24, 2.45) is 0 Å². The molecule has 0 saturated carbocycles. The molecule has 2 aromatic rings. The van der Waals surface area contributed by atoms with Gasteiger partial charge >= 0.3 is 5.97 Å². The smallest absolute Gasteiger partial charge is 0.326 e. The summed E-state index contributed by atoms with van der Waals surface area (Å²) in [6.45, 7) is 13.8. The second kappa shape index (κ2) is 84.2. The van der Waals surface area contributed by atoms with Crippen LogP contribution in [0.2, 0.25) is 0 Å². The fourth-order valence-corrected chi connectivity index (χ4v) is 11.8. The average molecular weight is 1520 g/mol. The summed E-state index contributed by atoms with van der Waals surface area (Å²) in [5.74, 6) is -1.16. The standard InChI is InChI=1S/C28H43NO2.C27H41NO3.2C21H37NO2/c1-3-4-5-6-7-8-9-10-11-12-13-14-15-16-20-23-28(31)29-27(25(2)30)24-26-21-18-17-19-22-26;1-2-3-4-5-6-7-8-9-10-11-12-13-14-15-19-22-26(29)28-25(27(30)31)23-24-20-17-16-18-21-24;2*1-3-4-5-6-7-8-9-10-11-12-13-14-15-16-17-18-21(24)22-19-20(2)23/h8-11,17-19,21-22,27H,3-7,12-16,20,23-24H2,1-2H3,(H,29,31);6-9,16-18,20-21,25H,2-5,10-15,19,22-23H2,1H3,(H,28,29)(H,30,31);8-11H,3-7,12-19H2,1-2H3,(H,22,24);7-10H,3-6,11-19H2,1-2H3,(H,22,24)/b9-8+,11-10-;7-6-,9-8+;9-8+,11-10-;8-7-,10-9+. The minimum atomic E-state index is -0.988. The molecule has 620 valence electrons. The number of aliphatic carboxylic acids is 1. The Morgan fingerprint density at radius 1 is 0.291 bits per heavy atom. The van der Waals surface area contributed by atoms with Gasteiger partial charge in [-0.15, -0.1) is 0 Å². The van der Waals surface area contributed by atoms with Crippen molar-refractivity contribution in [2.45, 2.75) is 382 Å². The number of hydrogen-bond acceptors (Lipinski definition) is 8. The van der Waals surface area contributed by atoms with Crippen molar-refractivity contribution in [3.05, 3.63) is 169 Å². The van der Waals surface area contributed by atoms with Gasteiger partial charge in [-0.1, -0.05) is 340 Å². The third kappa shape index (κ3) is 81.7. The highest BCUT2D eigenvalue weighted by molar-refractivity contribution is 5.88. The molecule has 4 amide bonds. The lowest BCUT2D eigenvalue weighted by Gasteiger charge is -2.16. The van der Waals surface area contributed by atoms with Crippen LogP contribution in [0.15, 0.2) is 158 Å². The monoisotopic (exact) mass is 1520 g/mol. The third-order valence-electron chi connectivity index (χ3n) is 18.6. The predicted octanol–water partition coefficient (Wildman–Crippen LogP) is 24.7. The van der Waals surface area contributed by atoms with E-state index in [1.807, 2.05) is 60.7 Å². The molecule has 13 nitrogen and oxygen atoms in total. The number of carbonyl (C=O) groups is 8. The molecule has 0 aliphatic rings. The largest absolute Gasteiger partial charge is 0.480 e. The van der Waals surface area contributed by atoms with E-state index < -0.39 is 18.1 Å². The van der Waals surface area contributed by atoms with Crippen LogP contribution < -0.4 is 21.3 Å². The van der Waals surface area contributed by atoms with Crippen LogP contribution in [-0.4, -0.2) is 77.2 Å². The Bertz CT molecular complexity index is 2780. The second-order valence-corrected chi connectivity index (χ2v) is 29.6. The van der Waals surface area contributed by atoms with Gasteiger partial charge in [0.15, 0.2) is 5.78 Å². The minimum Gasteiger partial charge on any atom is -0.480 e. The van der Waals surface area contributed by atoms with Gasteiger partial charge in [-0.05, 0) is 167 Å². The van der Waals surface area contributed by atoms with E-state index in [-0.39, 0.29) is 54.1 Å². The zero-order valence-electron chi connectivity index (χ0n) is 70.6. The van der Waals surface area contributed by atoms with Crippen LogP contribution in [0.3, 0.4) is 0 Å². The maximum absolute atomic E-state index is 12.2. The molecule has 0 fully saturated rings. The van der Waals surface area contributed by atoms with Crippen molar-refractivity contribution < 1.29 is 43.5 Å². The van der Waals surface area contributed by atoms with E-state index >= 15 is 0 Å². The van der Waals surface area contributed by atoms with E-state index in [1.54, 1.807) is 6.92 Å². The first-order valence-electron chi connectivity index (χ1n) is 43.8. The lowest BCUT2D eigenvalue weighted by Crippen LogP contribution is -2.42. The first-order chi connectivity index (χ1) is 53.6. The number of carboxylic acid groups (broad SMARTS) is 1. The Kier molecular flexibility index (Phi) is 80.2. The number of benzene rings is 2. The Morgan fingerprint density at radius 3 is 0.764 bits per heavy atom. The van der Waals surface area contributed by atoms with Crippen molar-refractivity contribution in [1.29, 1.82) is 0 Å². The molecule has 0 saturated heterocycles. The van der Waals surface area contributed by atoms with Gasteiger partial charge in [0.25, 0.3) is 0 Å². The number of allylic oxidation sites excluding steroid dienone is 16. The van der Waals surface area contributed by atoms with Crippen LogP contribution in [-0.2, 0) is 51.2 Å². The first kappa shape index (κ1) is 105. The highest BCUT2D eigenvalue weighted by atomic mass is 16.4.